The number of carbonyl (C=O) groups is 2. The van der Waals surface area contributed by atoms with E-state index < -0.39 is 17.7 Å². The molecule has 2 aromatic rings. The Balaban J connectivity index is 1.99. The van der Waals surface area contributed by atoms with Crippen LogP contribution in [0.3, 0.4) is 0 Å². The Morgan fingerprint density at radius 2 is 1.69 bits per heavy atom. The number of ketones is 1. The van der Waals surface area contributed by atoms with Crippen LogP contribution in [-0.4, -0.2) is 53.8 Å². The van der Waals surface area contributed by atoms with Gasteiger partial charge in [0.15, 0.2) is 11.5 Å². The fourth-order valence-corrected chi connectivity index (χ4v) is 3.78. The van der Waals surface area contributed by atoms with Crippen LogP contribution in [0.2, 0.25) is 0 Å². The lowest BCUT2D eigenvalue weighted by atomic mass is 9.85. The molecule has 5 heteroatoms. The summed E-state index contributed by atoms with van der Waals surface area (Å²) in [6.07, 6.45) is 3.13. The zero-order valence-corrected chi connectivity index (χ0v) is 19.5. The third kappa shape index (κ3) is 5.17. The van der Waals surface area contributed by atoms with Gasteiger partial charge in [-0.25, -0.2) is 0 Å². The molecule has 0 spiro atoms. The molecular formula is C27H32N2O3. The molecule has 2 aromatic carbocycles. The predicted molar refractivity (Wildman–Crippen MR) is 128 cm³/mol. The number of hydrogen-bond acceptors (Lipinski definition) is 4. The van der Waals surface area contributed by atoms with Gasteiger partial charge in [0.05, 0.1) is 11.6 Å². The summed E-state index contributed by atoms with van der Waals surface area (Å²) in [5.74, 6) is -1.33. The fourth-order valence-electron chi connectivity index (χ4n) is 3.78. The minimum absolute atomic E-state index is 0.0102. The van der Waals surface area contributed by atoms with Crippen molar-refractivity contribution in [2.24, 2.45) is 0 Å². The van der Waals surface area contributed by atoms with Gasteiger partial charge < -0.3 is 14.9 Å². The van der Waals surface area contributed by atoms with Crippen LogP contribution in [0.4, 0.5) is 0 Å². The maximum absolute atomic E-state index is 13.2. The molecule has 0 radical (unpaired) electrons. The molecule has 3 rings (SSSR count). The molecule has 0 aromatic heterocycles. The van der Waals surface area contributed by atoms with E-state index in [0.717, 1.165) is 16.7 Å². The average Bonchev–Trinajstić information content (AvgIpc) is 3.01. The molecule has 0 saturated carbocycles. The normalized spacial score (nSPS) is 17.1. The van der Waals surface area contributed by atoms with Gasteiger partial charge in [0.1, 0.15) is 0 Å². The number of benzene rings is 2. The van der Waals surface area contributed by atoms with Crippen molar-refractivity contribution >= 4 is 17.8 Å². The summed E-state index contributed by atoms with van der Waals surface area (Å²) in [5, 5.41) is 10.7. The van der Waals surface area contributed by atoms with Crippen molar-refractivity contribution in [2.75, 3.05) is 27.2 Å². The highest BCUT2D eigenvalue weighted by Crippen LogP contribution is 2.38. The van der Waals surface area contributed by atoms with Gasteiger partial charge in [-0.2, -0.15) is 0 Å². The van der Waals surface area contributed by atoms with Gasteiger partial charge in [-0.3, -0.25) is 9.59 Å². The Morgan fingerprint density at radius 3 is 2.25 bits per heavy atom. The molecule has 0 bridgehead atoms. The van der Waals surface area contributed by atoms with E-state index in [1.165, 1.54) is 6.08 Å². The van der Waals surface area contributed by atoms with Gasteiger partial charge in [-0.1, -0.05) is 81.4 Å². The first kappa shape index (κ1) is 23.5. The molecule has 32 heavy (non-hydrogen) atoms. The molecule has 168 valence electrons. The number of rotatable bonds is 7. The van der Waals surface area contributed by atoms with Crippen molar-refractivity contribution in [1.82, 2.24) is 9.80 Å². The lowest BCUT2D eigenvalue weighted by molar-refractivity contribution is -0.129. The largest absolute Gasteiger partial charge is 0.503 e. The van der Waals surface area contributed by atoms with Crippen molar-refractivity contribution in [2.45, 2.75) is 32.2 Å². The number of allylic oxidation sites excluding steroid dienone is 1. The number of carbonyl (C=O) groups excluding carboxylic acids is 2. The van der Waals surface area contributed by atoms with Crippen molar-refractivity contribution in [3.05, 3.63) is 88.7 Å². The monoisotopic (exact) mass is 432 g/mol. The molecule has 5 nitrogen and oxygen atoms in total. The number of amides is 1. The molecule has 1 aliphatic heterocycles. The minimum Gasteiger partial charge on any atom is -0.503 e. The summed E-state index contributed by atoms with van der Waals surface area (Å²) in [6, 6.07) is 16.8. The van der Waals surface area contributed by atoms with Gasteiger partial charge in [0.25, 0.3) is 5.91 Å². The van der Waals surface area contributed by atoms with E-state index in [-0.39, 0.29) is 16.8 Å². The zero-order chi connectivity index (χ0) is 23.5. The van der Waals surface area contributed by atoms with Crippen LogP contribution < -0.4 is 0 Å². The summed E-state index contributed by atoms with van der Waals surface area (Å²) >= 11 is 0. The van der Waals surface area contributed by atoms with Crippen LogP contribution in [0.25, 0.3) is 6.08 Å². The lowest BCUT2D eigenvalue weighted by Crippen LogP contribution is -2.36. The Labute approximate surface area is 190 Å². The van der Waals surface area contributed by atoms with Crippen LogP contribution >= 0.6 is 0 Å². The van der Waals surface area contributed by atoms with E-state index in [9.17, 15) is 14.7 Å². The standard InChI is InChI=1S/C27H32N2O3/c1-27(2,3)21-14-12-20(13-15-21)24-23(22(30)16-11-19-9-7-6-8-10-19)25(31)26(32)29(24)18-17-28(4)5/h6-16,24,31H,17-18H2,1-5H3. The third-order valence-corrected chi connectivity index (χ3v) is 5.68. The van der Waals surface area contributed by atoms with Gasteiger partial charge in [-0.15, -0.1) is 0 Å². The Kier molecular flexibility index (Phi) is 6.99. The first-order valence-corrected chi connectivity index (χ1v) is 10.9. The topological polar surface area (TPSA) is 60.9 Å². The number of likely N-dealkylation sites (N-methyl/N-ethyl adjacent to an activating group) is 1. The van der Waals surface area contributed by atoms with Crippen molar-refractivity contribution < 1.29 is 14.7 Å². The number of aliphatic hydroxyl groups excluding tert-OH is 1. The first-order valence-electron chi connectivity index (χ1n) is 10.9. The highest BCUT2D eigenvalue weighted by molar-refractivity contribution is 6.14. The Morgan fingerprint density at radius 1 is 1.06 bits per heavy atom. The van der Waals surface area contributed by atoms with Gasteiger partial charge in [0.2, 0.25) is 0 Å². The van der Waals surface area contributed by atoms with E-state index in [4.69, 9.17) is 0 Å². The highest BCUT2D eigenvalue weighted by atomic mass is 16.3. The molecule has 1 heterocycles. The van der Waals surface area contributed by atoms with Crippen LogP contribution in [-0.2, 0) is 15.0 Å². The van der Waals surface area contributed by atoms with Crippen LogP contribution in [0.5, 0.6) is 0 Å². The van der Waals surface area contributed by atoms with E-state index in [2.05, 4.69) is 20.8 Å². The molecule has 1 atom stereocenters. The summed E-state index contributed by atoms with van der Waals surface area (Å²) in [6.45, 7) is 7.44. The highest BCUT2D eigenvalue weighted by Gasteiger charge is 2.42. The second kappa shape index (κ2) is 9.53. The lowest BCUT2D eigenvalue weighted by Gasteiger charge is -2.28. The Hall–Kier alpha value is -3.18. The second-order valence-corrected chi connectivity index (χ2v) is 9.45. The molecular weight excluding hydrogens is 400 g/mol. The van der Waals surface area contributed by atoms with E-state index >= 15 is 0 Å². The Bertz CT molecular complexity index is 1030. The first-order chi connectivity index (χ1) is 15.1. The van der Waals surface area contributed by atoms with E-state index in [0.29, 0.717) is 13.1 Å². The summed E-state index contributed by atoms with van der Waals surface area (Å²) in [4.78, 5) is 29.7. The van der Waals surface area contributed by atoms with Crippen LogP contribution in [0.15, 0.2) is 72.0 Å². The van der Waals surface area contributed by atoms with Crippen molar-refractivity contribution in [3.8, 4) is 0 Å². The van der Waals surface area contributed by atoms with Crippen molar-refractivity contribution in [1.29, 1.82) is 0 Å². The molecule has 1 N–H and O–H groups in total. The number of hydrogen-bond donors (Lipinski definition) is 1. The maximum Gasteiger partial charge on any atom is 0.290 e. The summed E-state index contributed by atoms with van der Waals surface area (Å²) in [7, 11) is 3.85. The zero-order valence-electron chi connectivity index (χ0n) is 19.5. The molecule has 1 amide bonds. The number of aliphatic hydroxyl groups is 1. The molecule has 1 aliphatic rings. The van der Waals surface area contributed by atoms with Crippen LogP contribution in [0, 0.1) is 0 Å². The minimum atomic E-state index is -0.621. The second-order valence-electron chi connectivity index (χ2n) is 9.45. The van der Waals surface area contributed by atoms with Gasteiger partial charge >= 0.3 is 0 Å². The van der Waals surface area contributed by atoms with Gasteiger partial charge in [-0.05, 0) is 42.3 Å². The van der Waals surface area contributed by atoms with Crippen molar-refractivity contribution in [3.63, 3.8) is 0 Å². The van der Waals surface area contributed by atoms with Crippen LogP contribution in [0.1, 0.15) is 43.5 Å². The third-order valence-electron chi connectivity index (χ3n) is 5.68. The van der Waals surface area contributed by atoms with E-state index in [1.807, 2.05) is 73.6 Å². The van der Waals surface area contributed by atoms with Gasteiger partial charge in [0, 0.05) is 13.1 Å². The van der Waals surface area contributed by atoms with E-state index in [1.54, 1.807) is 11.0 Å². The summed E-state index contributed by atoms with van der Waals surface area (Å²) in [5.41, 5.74) is 2.97. The predicted octanol–water partition coefficient (Wildman–Crippen LogP) is 4.52. The maximum atomic E-state index is 13.2. The average molecular weight is 433 g/mol. The molecule has 1 unspecified atom stereocenters. The molecule has 0 aliphatic carbocycles. The smallest absolute Gasteiger partial charge is 0.290 e. The SMILES string of the molecule is CN(C)CCN1C(=O)C(O)=C(C(=O)C=Cc2ccccc2)C1c1ccc(C(C)(C)C)cc1. The number of nitrogens with zero attached hydrogens (tertiary/aromatic N) is 2. The molecule has 0 saturated heterocycles. The summed E-state index contributed by atoms with van der Waals surface area (Å²) < 4.78 is 0. The fraction of sp³-hybridized carbons (Fsp3) is 0.333. The molecule has 0 fully saturated rings. The quantitative estimate of drug-likeness (QED) is 0.654.